The highest BCUT2D eigenvalue weighted by atomic mass is 16.3. The van der Waals surface area contributed by atoms with E-state index in [1.54, 1.807) is 0 Å². The van der Waals surface area contributed by atoms with Gasteiger partial charge in [-0.3, -0.25) is 0 Å². The van der Waals surface area contributed by atoms with Gasteiger partial charge < -0.3 is 13.4 Å². The number of hydrogen-bond donors (Lipinski definition) is 0. The molecule has 0 spiro atoms. The Hall–Kier alpha value is -8.09. The first-order valence-corrected chi connectivity index (χ1v) is 19.8. The summed E-state index contributed by atoms with van der Waals surface area (Å²) in [6.45, 7) is 0. The summed E-state index contributed by atoms with van der Waals surface area (Å²) in [5.74, 6) is 1.69. The van der Waals surface area contributed by atoms with Crippen molar-refractivity contribution >= 4 is 87.2 Å². The minimum Gasteiger partial charge on any atom is -0.456 e. The van der Waals surface area contributed by atoms with Crippen molar-refractivity contribution in [2.45, 2.75) is 0 Å². The van der Waals surface area contributed by atoms with Crippen LogP contribution in [0.5, 0.6) is 0 Å². The molecule has 59 heavy (non-hydrogen) atoms. The fourth-order valence-corrected chi connectivity index (χ4v) is 9.14. The first kappa shape index (κ1) is 32.0. The van der Waals surface area contributed by atoms with Crippen molar-refractivity contribution in [3.05, 3.63) is 182 Å². The largest absolute Gasteiger partial charge is 0.456 e. The Kier molecular flexibility index (Phi) is 6.63. The Bertz CT molecular complexity index is 3870. The van der Waals surface area contributed by atoms with Crippen LogP contribution in [0.3, 0.4) is 0 Å². The predicted octanol–water partition coefficient (Wildman–Crippen LogP) is 14.1. The number of furan rings is 2. The van der Waals surface area contributed by atoms with Crippen molar-refractivity contribution in [3.8, 4) is 39.9 Å². The van der Waals surface area contributed by atoms with Crippen LogP contribution in [0, 0.1) is 0 Å². The Morgan fingerprint density at radius 3 is 1.80 bits per heavy atom. The van der Waals surface area contributed by atoms with Gasteiger partial charge in [-0.25, -0.2) is 15.0 Å². The summed E-state index contributed by atoms with van der Waals surface area (Å²) < 4.78 is 15.4. The number of hydrogen-bond acceptors (Lipinski definition) is 5. The normalized spacial score (nSPS) is 12.1. The molecule has 4 heterocycles. The molecule has 6 nitrogen and oxygen atoms in total. The lowest BCUT2D eigenvalue weighted by molar-refractivity contribution is 0.668. The van der Waals surface area contributed by atoms with Crippen LogP contribution in [0.25, 0.3) is 127 Å². The van der Waals surface area contributed by atoms with Crippen LogP contribution in [-0.2, 0) is 0 Å². The van der Waals surface area contributed by atoms with Gasteiger partial charge >= 0.3 is 0 Å². The van der Waals surface area contributed by atoms with E-state index in [-0.39, 0.29) is 0 Å². The fourth-order valence-electron chi connectivity index (χ4n) is 9.14. The fraction of sp³-hybridized carbons (Fsp3) is 0. The van der Waals surface area contributed by atoms with Crippen LogP contribution >= 0.6 is 0 Å². The molecular weight excluding hydrogens is 725 g/mol. The zero-order valence-electron chi connectivity index (χ0n) is 31.4. The van der Waals surface area contributed by atoms with Gasteiger partial charge in [0, 0.05) is 43.6 Å². The molecule has 13 rings (SSSR count). The Morgan fingerprint density at radius 1 is 0.339 bits per heavy atom. The lowest BCUT2D eigenvalue weighted by Crippen LogP contribution is -2.04. The minimum absolute atomic E-state index is 0.552. The highest BCUT2D eigenvalue weighted by molar-refractivity contribution is 6.18. The van der Waals surface area contributed by atoms with E-state index in [0.717, 1.165) is 98.8 Å². The first-order chi connectivity index (χ1) is 29.2. The summed E-state index contributed by atoms with van der Waals surface area (Å²) in [4.78, 5) is 16.0. The van der Waals surface area contributed by atoms with Crippen molar-refractivity contribution in [1.29, 1.82) is 0 Å². The molecule has 0 aliphatic rings. The second-order valence-corrected chi connectivity index (χ2v) is 15.1. The SMILES string of the molecule is c1ccc2cc3c(cc2c1)c1ccccc1n3-c1c(-c2nc(-c3ccc4c(c3)oc3ccccc34)nc(-c3cccc4ccccc34)n2)ccc2oc3ccccc3c12. The first-order valence-electron chi connectivity index (χ1n) is 19.8. The average Bonchev–Trinajstić information content (AvgIpc) is 3.96. The number of aromatic nitrogens is 4. The summed E-state index contributed by atoms with van der Waals surface area (Å²) in [6.07, 6.45) is 0. The van der Waals surface area contributed by atoms with Gasteiger partial charge in [-0.2, -0.15) is 0 Å². The standard InChI is InChI=1S/C53H30N4O2/c1-2-14-33-29-44-42(28-32(33)13-1)36-17-5-8-21-43(36)57(44)50-41(26-27-47-49(50)40-19-7-10-23-46(40)58-47)53-55-51(34-24-25-38-37-18-6-9-22-45(37)59-48(38)30-34)54-52(56-53)39-20-11-15-31-12-3-4-16-35(31)39/h1-30H. The molecule has 0 aliphatic carbocycles. The quantitative estimate of drug-likeness (QED) is 0.179. The number of para-hydroxylation sites is 3. The summed E-state index contributed by atoms with van der Waals surface area (Å²) >= 11 is 0. The highest BCUT2D eigenvalue weighted by Crippen LogP contribution is 2.44. The second-order valence-electron chi connectivity index (χ2n) is 15.1. The van der Waals surface area contributed by atoms with E-state index in [1.165, 1.54) is 10.8 Å². The zero-order valence-corrected chi connectivity index (χ0v) is 31.4. The van der Waals surface area contributed by atoms with E-state index < -0.39 is 0 Å². The smallest absolute Gasteiger partial charge is 0.166 e. The van der Waals surface area contributed by atoms with E-state index in [1.807, 2.05) is 36.4 Å². The molecule has 6 heteroatoms. The molecule has 0 saturated heterocycles. The highest BCUT2D eigenvalue weighted by Gasteiger charge is 2.25. The van der Waals surface area contributed by atoms with E-state index in [2.05, 4.69) is 150 Å². The van der Waals surface area contributed by atoms with Gasteiger partial charge in [-0.1, -0.05) is 127 Å². The monoisotopic (exact) mass is 754 g/mol. The number of fused-ring (bicyclic) bond motifs is 11. The molecule has 0 radical (unpaired) electrons. The number of benzene rings is 9. The molecule has 0 atom stereocenters. The summed E-state index contributed by atoms with van der Waals surface area (Å²) in [5.41, 5.74) is 8.96. The summed E-state index contributed by atoms with van der Waals surface area (Å²) in [5, 5.41) is 11.0. The van der Waals surface area contributed by atoms with Gasteiger partial charge in [0.25, 0.3) is 0 Å². The molecule has 0 bridgehead atoms. The lowest BCUT2D eigenvalue weighted by Gasteiger charge is -2.16. The maximum absolute atomic E-state index is 6.60. The van der Waals surface area contributed by atoms with E-state index >= 15 is 0 Å². The van der Waals surface area contributed by atoms with Gasteiger partial charge in [0.15, 0.2) is 17.5 Å². The Morgan fingerprint density at radius 2 is 0.949 bits per heavy atom. The Labute approximate surface area is 336 Å². The molecular formula is C53H30N4O2. The van der Waals surface area contributed by atoms with Crippen LogP contribution in [0.2, 0.25) is 0 Å². The molecule has 0 N–H and O–H groups in total. The molecule has 9 aromatic carbocycles. The molecule has 0 saturated carbocycles. The molecule has 13 aromatic rings. The van der Waals surface area contributed by atoms with E-state index in [0.29, 0.717) is 17.5 Å². The average molecular weight is 755 g/mol. The van der Waals surface area contributed by atoms with Gasteiger partial charge in [0.1, 0.15) is 22.3 Å². The minimum atomic E-state index is 0.552. The third-order valence-corrected chi connectivity index (χ3v) is 11.8. The zero-order chi connectivity index (χ0) is 38.6. The van der Waals surface area contributed by atoms with Crippen molar-refractivity contribution < 1.29 is 8.83 Å². The second kappa shape index (κ2) is 12.2. The maximum Gasteiger partial charge on any atom is 0.166 e. The summed E-state index contributed by atoms with van der Waals surface area (Å²) in [7, 11) is 0. The van der Waals surface area contributed by atoms with Crippen molar-refractivity contribution in [3.63, 3.8) is 0 Å². The Balaban J connectivity index is 1.16. The van der Waals surface area contributed by atoms with Gasteiger partial charge in [-0.05, 0) is 76.1 Å². The van der Waals surface area contributed by atoms with Crippen LogP contribution in [0.15, 0.2) is 191 Å². The third kappa shape index (κ3) is 4.77. The molecule has 0 aliphatic heterocycles. The van der Waals surface area contributed by atoms with Crippen molar-refractivity contribution in [1.82, 2.24) is 19.5 Å². The van der Waals surface area contributed by atoms with Gasteiger partial charge in [0.05, 0.1) is 22.1 Å². The van der Waals surface area contributed by atoms with E-state index in [4.69, 9.17) is 23.8 Å². The van der Waals surface area contributed by atoms with E-state index in [9.17, 15) is 0 Å². The van der Waals surface area contributed by atoms with Gasteiger partial charge in [-0.15, -0.1) is 0 Å². The predicted molar refractivity (Wildman–Crippen MR) is 240 cm³/mol. The topological polar surface area (TPSA) is 69.9 Å². The maximum atomic E-state index is 6.60. The third-order valence-electron chi connectivity index (χ3n) is 11.8. The molecule has 0 fully saturated rings. The molecule has 0 amide bonds. The molecule has 0 unspecified atom stereocenters. The van der Waals surface area contributed by atoms with Crippen molar-refractivity contribution in [2.75, 3.05) is 0 Å². The van der Waals surface area contributed by atoms with Crippen LogP contribution in [0.1, 0.15) is 0 Å². The molecule has 4 aromatic heterocycles. The van der Waals surface area contributed by atoms with Crippen molar-refractivity contribution in [2.24, 2.45) is 0 Å². The summed E-state index contributed by atoms with van der Waals surface area (Å²) in [6, 6.07) is 63.3. The number of rotatable bonds is 4. The van der Waals surface area contributed by atoms with Crippen LogP contribution < -0.4 is 0 Å². The number of nitrogens with zero attached hydrogens (tertiary/aromatic N) is 4. The van der Waals surface area contributed by atoms with Crippen LogP contribution in [-0.4, -0.2) is 19.5 Å². The van der Waals surface area contributed by atoms with Crippen LogP contribution in [0.4, 0.5) is 0 Å². The lowest BCUT2D eigenvalue weighted by atomic mass is 10.0. The molecule has 274 valence electrons. The van der Waals surface area contributed by atoms with Gasteiger partial charge in [0.2, 0.25) is 0 Å².